The molecule has 0 aromatic heterocycles. The van der Waals surface area contributed by atoms with E-state index in [2.05, 4.69) is 0 Å². The van der Waals surface area contributed by atoms with Gasteiger partial charge in [0.2, 0.25) is 10.0 Å². The van der Waals surface area contributed by atoms with Gasteiger partial charge in [-0.1, -0.05) is 0 Å². The van der Waals surface area contributed by atoms with Crippen LogP contribution in [0, 0.1) is 0 Å². The Hall–Kier alpha value is -1.64. The SMILES string of the molecule is NS(=O)(=O)c1ccc2c(c1)C(C(=O)OC1CCOC1)CO2. The van der Waals surface area contributed by atoms with Crippen LogP contribution in [-0.4, -0.2) is 40.3 Å². The summed E-state index contributed by atoms with van der Waals surface area (Å²) in [7, 11) is -3.82. The molecule has 0 bridgehead atoms. The van der Waals surface area contributed by atoms with Crippen LogP contribution in [-0.2, 0) is 24.3 Å². The lowest BCUT2D eigenvalue weighted by Crippen LogP contribution is -2.24. The van der Waals surface area contributed by atoms with E-state index in [9.17, 15) is 13.2 Å². The maximum Gasteiger partial charge on any atom is 0.317 e. The second kappa shape index (κ2) is 5.28. The number of rotatable bonds is 3. The van der Waals surface area contributed by atoms with Gasteiger partial charge in [0.1, 0.15) is 24.4 Å². The summed E-state index contributed by atoms with van der Waals surface area (Å²) < 4.78 is 38.7. The first kappa shape index (κ1) is 14.3. The first-order valence-electron chi connectivity index (χ1n) is 6.53. The zero-order chi connectivity index (χ0) is 15.0. The van der Waals surface area contributed by atoms with E-state index in [4.69, 9.17) is 19.3 Å². The monoisotopic (exact) mass is 313 g/mol. The summed E-state index contributed by atoms with van der Waals surface area (Å²) in [5.41, 5.74) is 0.491. The largest absolute Gasteiger partial charge is 0.492 e. The molecule has 0 aliphatic carbocycles. The molecule has 2 aliphatic rings. The minimum Gasteiger partial charge on any atom is -0.492 e. The van der Waals surface area contributed by atoms with Crippen molar-refractivity contribution in [3.8, 4) is 5.75 Å². The molecule has 0 saturated carbocycles. The fraction of sp³-hybridized carbons (Fsp3) is 0.462. The predicted molar refractivity (Wildman–Crippen MR) is 71.4 cm³/mol. The summed E-state index contributed by atoms with van der Waals surface area (Å²) >= 11 is 0. The first-order chi connectivity index (χ1) is 9.95. The molecule has 1 aromatic rings. The molecule has 7 nitrogen and oxygen atoms in total. The first-order valence-corrected chi connectivity index (χ1v) is 8.07. The van der Waals surface area contributed by atoms with Crippen LogP contribution in [0.1, 0.15) is 17.9 Å². The highest BCUT2D eigenvalue weighted by molar-refractivity contribution is 7.89. The third-order valence-electron chi connectivity index (χ3n) is 3.55. The molecule has 1 aromatic carbocycles. The molecule has 8 heteroatoms. The zero-order valence-electron chi connectivity index (χ0n) is 11.2. The Labute approximate surface area is 122 Å². The number of carbonyl (C=O) groups is 1. The van der Waals surface area contributed by atoms with Gasteiger partial charge in [-0.15, -0.1) is 0 Å². The third-order valence-corrected chi connectivity index (χ3v) is 4.46. The number of ether oxygens (including phenoxy) is 3. The Balaban J connectivity index is 1.83. The third kappa shape index (κ3) is 2.87. The average Bonchev–Trinajstić information content (AvgIpc) is 3.05. The number of carbonyl (C=O) groups excluding carboxylic acids is 1. The van der Waals surface area contributed by atoms with Crippen molar-refractivity contribution in [2.75, 3.05) is 19.8 Å². The second-order valence-electron chi connectivity index (χ2n) is 5.03. The van der Waals surface area contributed by atoms with Crippen LogP contribution in [0.5, 0.6) is 5.75 Å². The molecule has 1 saturated heterocycles. The van der Waals surface area contributed by atoms with Crippen LogP contribution in [0.25, 0.3) is 0 Å². The molecule has 21 heavy (non-hydrogen) atoms. The van der Waals surface area contributed by atoms with E-state index in [1.165, 1.54) is 18.2 Å². The van der Waals surface area contributed by atoms with Crippen molar-refractivity contribution in [2.24, 2.45) is 5.14 Å². The number of fused-ring (bicyclic) bond motifs is 1. The maximum absolute atomic E-state index is 12.2. The number of esters is 1. The molecule has 2 heterocycles. The Morgan fingerprint density at radius 1 is 1.33 bits per heavy atom. The standard InChI is InChI=1S/C13H15NO6S/c14-21(16,17)9-1-2-12-10(5-9)11(7-19-12)13(15)20-8-3-4-18-6-8/h1-2,5,8,11H,3-4,6-7H2,(H2,14,16,17). The molecule has 0 amide bonds. The Morgan fingerprint density at radius 2 is 2.14 bits per heavy atom. The molecule has 3 rings (SSSR count). The molecule has 1 fully saturated rings. The zero-order valence-corrected chi connectivity index (χ0v) is 12.0. The number of nitrogens with two attached hydrogens (primary N) is 1. The normalized spacial score (nSPS) is 24.4. The van der Waals surface area contributed by atoms with E-state index >= 15 is 0 Å². The van der Waals surface area contributed by atoms with Crippen molar-refractivity contribution in [3.63, 3.8) is 0 Å². The van der Waals surface area contributed by atoms with Gasteiger partial charge in [-0.2, -0.15) is 0 Å². The smallest absolute Gasteiger partial charge is 0.317 e. The minimum absolute atomic E-state index is 0.0475. The Bertz CT molecular complexity index is 665. The van der Waals surface area contributed by atoms with E-state index < -0.39 is 21.9 Å². The predicted octanol–water partition coefficient (Wildman–Crippen LogP) is 0.142. The molecule has 0 spiro atoms. The fourth-order valence-corrected chi connectivity index (χ4v) is 2.97. The van der Waals surface area contributed by atoms with Gasteiger partial charge in [0, 0.05) is 12.0 Å². The van der Waals surface area contributed by atoms with Crippen molar-refractivity contribution in [2.45, 2.75) is 23.3 Å². The average molecular weight is 313 g/mol. The summed E-state index contributed by atoms with van der Waals surface area (Å²) in [5.74, 6) is -0.592. The molecule has 0 radical (unpaired) electrons. The molecular formula is C13H15NO6S. The van der Waals surface area contributed by atoms with Crippen molar-refractivity contribution >= 4 is 16.0 Å². The van der Waals surface area contributed by atoms with Crippen LogP contribution in [0.4, 0.5) is 0 Å². The van der Waals surface area contributed by atoms with Crippen molar-refractivity contribution in [1.82, 2.24) is 0 Å². The quantitative estimate of drug-likeness (QED) is 0.796. The van der Waals surface area contributed by atoms with Gasteiger partial charge in [-0.05, 0) is 18.2 Å². The molecule has 2 atom stereocenters. The number of hydrogen-bond acceptors (Lipinski definition) is 6. The summed E-state index contributed by atoms with van der Waals surface area (Å²) in [5, 5.41) is 5.10. The van der Waals surface area contributed by atoms with Gasteiger partial charge in [-0.3, -0.25) is 4.79 Å². The lowest BCUT2D eigenvalue weighted by Gasteiger charge is -2.14. The summed E-state index contributed by atoms with van der Waals surface area (Å²) in [6, 6.07) is 4.22. The van der Waals surface area contributed by atoms with E-state index in [1.807, 2.05) is 0 Å². The molecule has 2 aliphatic heterocycles. The van der Waals surface area contributed by atoms with E-state index in [0.717, 1.165) is 0 Å². The van der Waals surface area contributed by atoms with Crippen LogP contribution >= 0.6 is 0 Å². The number of sulfonamides is 1. The van der Waals surface area contributed by atoms with Gasteiger partial charge in [0.25, 0.3) is 0 Å². The molecule has 2 unspecified atom stereocenters. The van der Waals surface area contributed by atoms with Crippen molar-refractivity contribution < 1.29 is 27.4 Å². The van der Waals surface area contributed by atoms with Crippen LogP contribution in [0.3, 0.4) is 0 Å². The highest BCUT2D eigenvalue weighted by Gasteiger charge is 2.34. The lowest BCUT2D eigenvalue weighted by molar-refractivity contribution is -0.151. The molecule has 114 valence electrons. The van der Waals surface area contributed by atoms with Gasteiger partial charge >= 0.3 is 5.97 Å². The fourth-order valence-electron chi connectivity index (χ4n) is 2.42. The Morgan fingerprint density at radius 3 is 2.81 bits per heavy atom. The van der Waals surface area contributed by atoms with Crippen LogP contribution < -0.4 is 9.88 Å². The highest BCUT2D eigenvalue weighted by atomic mass is 32.2. The van der Waals surface area contributed by atoms with Crippen molar-refractivity contribution in [1.29, 1.82) is 0 Å². The van der Waals surface area contributed by atoms with Crippen molar-refractivity contribution in [3.05, 3.63) is 23.8 Å². The molecule has 2 N–H and O–H groups in total. The summed E-state index contributed by atoms with van der Waals surface area (Å²) in [6.07, 6.45) is 0.423. The second-order valence-corrected chi connectivity index (χ2v) is 6.59. The van der Waals surface area contributed by atoms with Gasteiger partial charge < -0.3 is 14.2 Å². The van der Waals surface area contributed by atoms with Gasteiger partial charge in [0.15, 0.2) is 0 Å². The van der Waals surface area contributed by atoms with Gasteiger partial charge in [-0.25, -0.2) is 13.6 Å². The lowest BCUT2D eigenvalue weighted by atomic mass is 10.0. The van der Waals surface area contributed by atoms with Gasteiger partial charge in [0.05, 0.1) is 18.1 Å². The minimum atomic E-state index is -3.82. The van der Waals surface area contributed by atoms with E-state index in [1.54, 1.807) is 0 Å². The van der Waals surface area contributed by atoms with Crippen LogP contribution in [0.2, 0.25) is 0 Å². The topological polar surface area (TPSA) is 105 Å². The number of benzene rings is 1. The Kier molecular flexibility index (Phi) is 3.60. The highest BCUT2D eigenvalue weighted by Crippen LogP contribution is 2.36. The van der Waals surface area contributed by atoms with E-state index in [-0.39, 0.29) is 17.6 Å². The van der Waals surface area contributed by atoms with Crippen LogP contribution in [0.15, 0.2) is 23.1 Å². The summed E-state index contributed by atoms with van der Waals surface area (Å²) in [6.45, 7) is 1.10. The maximum atomic E-state index is 12.2. The summed E-state index contributed by atoms with van der Waals surface area (Å²) in [4.78, 5) is 12.1. The molecular weight excluding hydrogens is 298 g/mol. The number of primary sulfonamides is 1. The number of hydrogen-bond donors (Lipinski definition) is 1. The van der Waals surface area contributed by atoms with E-state index in [0.29, 0.717) is 30.9 Å².